The van der Waals surface area contributed by atoms with Gasteiger partial charge in [-0.05, 0) is 55.0 Å². The van der Waals surface area contributed by atoms with Gasteiger partial charge in [0, 0.05) is 16.9 Å². The summed E-state index contributed by atoms with van der Waals surface area (Å²) < 4.78 is 27.7. The molecular weight excluding hydrogens is 392 g/mol. The first-order chi connectivity index (χ1) is 13.7. The van der Waals surface area contributed by atoms with Crippen LogP contribution in [0.1, 0.15) is 26.3 Å². The van der Waals surface area contributed by atoms with Crippen LogP contribution >= 0.6 is 0 Å². The Kier molecular flexibility index (Phi) is 5.65. The fourth-order valence-electron chi connectivity index (χ4n) is 2.57. The molecule has 0 heterocycles. The van der Waals surface area contributed by atoms with Crippen LogP contribution in [0.5, 0.6) is 0 Å². The summed E-state index contributed by atoms with van der Waals surface area (Å²) in [6.45, 7) is 1.89. The summed E-state index contributed by atoms with van der Waals surface area (Å²) >= 11 is 0. The van der Waals surface area contributed by atoms with E-state index in [0.717, 1.165) is 5.56 Å². The van der Waals surface area contributed by atoms with E-state index in [1.807, 2.05) is 6.92 Å². The zero-order chi connectivity index (χ0) is 21.0. The third-order valence-corrected chi connectivity index (χ3v) is 5.45. The number of carbonyl (C=O) groups is 2. The third-order valence-electron chi connectivity index (χ3n) is 4.07. The molecule has 0 saturated heterocycles. The number of hydrogen-bond acceptors (Lipinski definition) is 5. The number of carbonyl (C=O) groups excluding carboxylic acids is 2. The zero-order valence-corrected chi connectivity index (χ0v) is 16.2. The van der Waals surface area contributed by atoms with E-state index in [1.165, 1.54) is 48.5 Å². The van der Waals surface area contributed by atoms with Gasteiger partial charge in [0.15, 0.2) is 0 Å². The van der Waals surface area contributed by atoms with Crippen molar-refractivity contribution in [2.24, 2.45) is 0 Å². The van der Waals surface area contributed by atoms with Gasteiger partial charge in [-0.2, -0.15) is 0 Å². The van der Waals surface area contributed by atoms with E-state index >= 15 is 0 Å². The second-order valence-corrected chi connectivity index (χ2v) is 8.00. The van der Waals surface area contributed by atoms with Gasteiger partial charge in [-0.15, -0.1) is 0 Å². The molecule has 0 aliphatic heterocycles. The smallest absolute Gasteiger partial charge is 0.261 e. The number of aryl methyl sites for hydroxylation is 1. The van der Waals surface area contributed by atoms with E-state index in [2.05, 4.69) is 10.0 Å². The van der Waals surface area contributed by atoms with Crippen molar-refractivity contribution in [3.8, 4) is 0 Å². The SMILES string of the molecule is Cc1ccc(NS(=O)(=O)c2cccc(C(=O)Nc3cccc(C(=O)[O-])c3)c2)cc1. The molecule has 2 N–H and O–H groups in total. The molecule has 0 radical (unpaired) electrons. The molecule has 7 nitrogen and oxygen atoms in total. The van der Waals surface area contributed by atoms with Crippen LogP contribution < -0.4 is 15.1 Å². The molecule has 148 valence electrons. The Labute approximate surface area is 168 Å². The second-order valence-electron chi connectivity index (χ2n) is 6.32. The minimum Gasteiger partial charge on any atom is -0.545 e. The summed E-state index contributed by atoms with van der Waals surface area (Å²) in [7, 11) is -3.89. The normalized spacial score (nSPS) is 10.9. The lowest BCUT2D eigenvalue weighted by molar-refractivity contribution is -0.255. The van der Waals surface area contributed by atoms with E-state index in [0.29, 0.717) is 5.69 Å². The molecule has 3 aromatic rings. The van der Waals surface area contributed by atoms with E-state index in [-0.39, 0.29) is 21.7 Å². The molecule has 0 unspecified atom stereocenters. The first-order valence-corrected chi connectivity index (χ1v) is 10.1. The van der Waals surface area contributed by atoms with Gasteiger partial charge in [-0.25, -0.2) is 8.42 Å². The van der Waals surface area contributed by atoms with Crippen molar-refractivity contribution in [3.05, 3.63) is 89.5 Å². The number of amides is 1. The molecule has 0 aliphatic rings. The van der Waals surface area contributed by atoms with Crippen LogP contribution in [0.15, 0.2) is 77.7 Å². The minimum absolute atomic E-state index is 0.0748. The van der Waals surface area contributed by atoms with Crippen LogP contribution in [-0.4, -0.2) is 20.3 Å². The molecule has 0 aliphatic carbocycles. The predicted molar refractivity (Wildman–Crippen MR) is 107 cm³/mol. The van der Waals surface area contributed by atoms with Crippen LogP contribution in [0.2, 0.25) is 0 Å². The summed E-state index contributed by atoms with van der Waals surface area (Å²) in [5.74, 6) is -1.94. The molecule has 0 aromatic heterocycles. The summed E-state index contributed by atoms with van der Waals surface area (Å²) in [5, 5.41) is 13.5. The van der Waals surface area contributed by atoms with Crippen LogP contribution in [0.4, 0.5) is 11.4 Å². The van der Waals surface area contributed by atoms with Gasteiger partial charge in [0.05, 0.1) is 10.9 Å². The van der Waals surface area contributed by atoms with Crippen molar-refractivity contribution < 1.29 is 23.1 Å². The average Bonchev–Trinajstić information content (AvgIpc) is 2.70. The maximum Gasteiger partial charge on any atom is 0.261 e. The molecule has 0 bridgehead atoms. The van der Waals surface area contributed by atoms with E-state index in [1.54, 1.807) is 24.3 Å². The fraction of sp³-hybridized carbons (Fsp3) is 0.0476. The quantitative estimate of drug-likeness (QED) is 0.649. The highest BCUT2D eigenvalue weighted by molar-refractivity contribution is 7.92. The first kappa shape index (κ1) is 20.1. The van der Waals surface area contributed by atoms with Crippen molar-refractivity contribution in [1.82, 2.24) is 0 Å². The number of hydrogen-bond donors (Lipinski definition) is 2. The monoisotopic (exact) mass is 409 g/mol. The Bertz CT molecular complexity index is 1170. The molecule has 1 amide bonds. The summed E-state index contributed by atoms with van der Waals surface area (Å²) in [6.07, 6.45) is 0. The molecule has 8 heteroatoms. The number of nitrogens with one attached hydrogen (secondary N) is 2. The van der Waals surface area contributed by atoms with Gasteiger partial charge in [-0.1, -0.05) is 35.9 Å². The first-order valence-electron chi connectivity index (χ1n) is 8.57. The van der Waals surface area contributed by atoms with Crippen molar-refractivity contribution in [2.45, 2.75) is 11.8 Å². The van der Waals surface area contributed by atoms with E-state index in [9.17, 15) is 23.1 Å². The number of carboxylic acids is 1. The van der Waals surface area contributed by atoms with Crippen LogP contribution in [0, 0.1) is 6.92 Å². The Morgan fingerprint density at radius 3 is 2.17 bits per heavy atom. The molecule has 29 heavy (non-hydrogen) atoms. The standard InChI is InChI=1S/C21H18N2O5S/c1-14-8-10-17(11-9-14)23-29(27,28)19-7-3-4-15(13-19)20(24)22-18-6-2-5-16(12-18)21(25)26/h2-13,23H,1H3,(H,22,24)(H,25,26)/p-1. The Morgan fingerprint density at radius 1 is 0.828 bits per heavy atom. The van der Waals surface area contributed by atoms with Crippen LogP contribution in [0.25, 0.3) is 0 Å². The minimum atomic E-state index is -3.89. The largest absolute Gasteiger partial charge is 0.545 e. The lowest BCUT2D eigenvalue weighted by Gasteiger charge is -2.11. The van der Waals surface area contributed by atoms with E-state index < -0.39 is 21.9 Å². The maximum atomic E-state index is 12.6. The average molecular weight is 409 g/mol. The molecule has 0 spiro atoms. The third kappa shape index (κ3) is 4.99. The summed E-state index contributed by atoms with van der Waals surface area (Å²) in [6, 6.07) is 18.0. The highest BCUT2D eigenvalue weighted by Gasteiger charge is 2.17. The number of carboxylic acid groups (broad SMARTS) is 1. The van der Waals surface area contributed by atoms with Gasteiger partial charge < -0.3 is 15.2 Å². The highest BCUT2D eigenvalue weighted by Crippen LogP contribution is 2.19. The highest BCUT2D eigenvalue weighted by atomic mass is 32.2. The number of benzene rings is 3. The van der Waals surface area contributed by atoms with Crippen LogP contribution in [-0.2, 0) is 10.0 Å². The lowest BCUT2D eigenvalue weighted by atomic mass is 10.2. The lowest BCUT2D eigenvalue weighted by Crippen LogP contribution is -2.22. The van der Waals surface area contributed by atoms with Crippen molar-refractivity contribution in [3.63, 3.8) is 0 Å². The molecule has 0 atom stereocenters. The number of rotatable bonds is 6. The van der Waals surface area contributed by atoms with Crippen molar-refractivity contribution >= 4 is 33.3 Å². The number of anilines is 2. The fourth-order valence-corrected chi connectivity index (χ4v) is 3.67. The number of aromatic carboxylic acids is 1. The number of sulfonamides is 1. The summed E-state index contributed by atoms with van der Waals surface area (Å²) in [4.78, 5) is 23.3. The Balaban J connectivity index is 1.81. The molecule has 3 rings (SSSR count). The Morgan fingerprint density at radius 2 is 1.48 bits per heavy atom. The maximum absolute atomic E-state index is 12.6. The predicted octanol–water partition coefficient (Wildman–Crippen LogP) is 2.41. The van der Waals surface area contributed by atoms with E-state index in [4.69, 9.17) is 0 Å². The second kappa shape index (κ2) is 8.15. The van der Waals surface area contributed by atoms with Crippen LogP contribution in [0.3, 0.4) is 0 Å². The molecule has 3 aromatic carbocycles. The molecule has 0 saturated carbocycles. The van der Waals surface area contributed by atoms with Gasteiger partial charge in [0.2, 0.25) is 0 Å². The topological polar surface area (TPSA) is 115 Å². The summed E-state index contributed by atoms with van der Waals surface area (Å²) in [5.41, 5.74) is 1.68. The van der Waals surface area contributed by atoms with Gasteiger partial charge in [0.1, 0.15) is 0 Å². The molecular formula is C21H17N2O5S-. The van der Waals surface area contributed by atoms with Gasteiger partial charge >= 0.3 is 0 Å². The zero-order valence-electron chi connectivity index (χ0n) is 15.4. The van der Waals surface area contributed by atoms with Gasteiger partial charge in [-0.3, -0.25) is 9.52 Å². The Hall–Kier alpha value is -3.65. The molecule has 0 fully saturated rings. The van der Waals surface area contributed by atoms with Crippen molar-refractivity contribution in [1.29, 1.82) is 0 Å². The van der Waals surface area contributed by atoms with Crippen molar-refractivity contribution in [2.75, 3.05) is 10.0 Å². The van der Waals surface area contributed by atoms with Gasteiger partial charge in [0.25, 0.3) is 15.9 Å².